The van der Waals surface area contributed by atoms with Gasteiger partial charge in [0.1, 0.15) is 11.3 Å². The van der Waals surface area contributed by atoms with Crippen LogP contribution in [0.3, 0.4) is 0 Å². The lowest BCUT2D eigenvalue weighted by Crippen LogP contribution is -2.58. The van der Waals surface area contributed by atoms with Crippen molar-refractivity contribution in [1.29, 1.82) is 0 Å². The van der Waals surface area contributed by atoms with E-state index in [-0.39, 0.29) is 17.3 Å². The standard InChI is InChI=1S/C32H38N4O4/c1-18-9-19-11-20(10-18)13-24(12-19)35-22-5-4-6-23(35)16-25(15-22)36-28-8-3-2-7-27(28)34-29(31(36)38)21-14-26(32(39)40)30(37)33-17-21/h2-3,7-8,14,17-20,22-25H,4-6,9-13,15-16H2,1H3,(H,33,37)(H,39,40)/t18?,19-,20+,22-,23+,24?,25?. The van der Waals surface area contributed by atoms with Crippen molar-refractivity contribution in [2.45, 2.75) is 95.3 Å². The lowest BCUT2D eigenvalue weighted by atomic mass is 9.65. The summed E-state index contributed by atoms with van der Waals surface area (Å²) in [5.74, 6) is 1.28. The maximum atomic E-state index is 14.2. The number of nitrogens with zero attached hydrogens (tertiary/aromatic N) is 3. The molecule has 4 bridgehead atoms. The first-order chi connectivity index (χ1) is 19.4. The van der Waals surface area contributed by atoms with E-state index < -0.39 is 17.1 Å². The Morgan fingerprint density at radius 1 is 0.925 bits per heavy atom. The Balaban J connectivity index is 1.26. The third-order valence-electron chi connectivity index (χ3n) is 10.3. The Hall–Kier alpha value is -3.26. The lowest BCUT2D eigenvalue weighted by Gasteiger charge is -2.55. The molecule has 0 amide bonds. The zero-order valence-electron chi connectivity index (χ0n) is 23.1. The lowest BCUT2D eigenvalue weighted by molar-refractivity contribution is -0.0524. The van der Waals surface area contributed by atoms with Gasteiger partial charge >= 0.3 is 5.97 Å². The number of para-hydroxylation sites is 2. The van der Waals surface area contributed by atoms with E-state index in [1.807, 2.05) is 28.8 Å². The molecule has 2 aliphatic carbocycles. The molecule has 40 heavy (non-hydrogen) atoms. The molecule has 2 saturated heterocycles. The van der Waals surface area contributed by atoms with Crippen molar-refractivity contribution in [1.82, 2.24) is 19.4 Å². The predicted octanol–water partition coefficient (Wildman–Crippen LogP) is 5.22. The minimum atomic E-state index is -1.33. The molecule has 210 valence electrons. The van der Waals surface area contributed by atoms with Gasteiger partial charge in [-0.1, -0.05) is 25.5 Å². The molecule has 0 radical (unpaired) electrons. The maximum absolute atomic E-state index is 14.2. The van der Waals surface area contributed by atoms with Gasteiger partial charge in [0.15, 0.2) is 0 Å². The number of fused-ring (bicyclic) bond motifs is 5. The third kappa shape index (κ3) is 4.41. The fraction of sp³-hybridized carbons (Fsp3) is 0.562. The van der Waals surface area contributed by atoms with E-state index in [4.69, 9.17) is 0 Å². The molecule has 7 rings (SSSR count). The number of hydrogen-bond donors (Lipinski definition) is 2. The zero-order chi connectivity index (χ0) is 27.5. The normalized spacial score (nSPS) is 32.2. The Morgan fingerprint density at radius 2 is 1.62 bits per heavy atom. The van der Waals surface area contributed by atoms with Crippen LogP contribution in [0.1, 0.15) is 87.5 Å². The summed E-state index contributed by atoms with van der Waals surface area (Å²) in [4.78, 5) is 47.9. The number of hydrogen-bond acceptors (Lipinski definition) is 5. The van der Waals surface area contributed by atoms with E-state index in [0.717, 1.165) is 36.1 Å². The summed E-state index contributed by atoms with van der Waals surface area (Å²) >= 11 is 0. The van der Waals surface area contributed by atoms with Gasteiger partial charge in [0.2, 0.25) is 0 Å². The first-order valence-corrected chi connectivity index (χ1v) is 15.1. The molecule has 2 aliphatic heterocycles. The molecule has 4 heterocycles. The first-order valence-electron chi connectivity index (χ1n) is 15.1. The van der Waals surface area contributed by atoms with Crippen molar-refractivity contribution < 1.29 is 9.90 Å². The highest BCUT2D eigenvalue weighted by Gasteiger charge is 2.46. The molecule has 8 nitrogen and oxygen atoms in total. The smallest absolute Gasteiger partial charge is 0.341 e. The molecular weight excluding hydrogens is 504 g/mol. The Kier molecular flexibility index (Phi) is 6.41. The van der Waals surface area contributed by atoms with Crippen molar-refractivity contribution in [3.63, 3.8) is 0 Å². The van der Waals surface area contributed by atoms with Crippen LogP contribution in [0.25, 0.3) is 22.3 Å². The third-order valence-corrected chi connectivity index (χ3v) is 10.3. The minimum absolute atomic E-state index is 0.0514. The van der Waals surface area contributed by atoms with E-state index in [2.05, 4.69) is 21.8 Å². The van der Waals surface area contributed by atoms with E-state index >= 15 is 0 Å². The highest BCUT2D eigenvalue weighted by molar-refractivity contribution is 5.88. The number of carbonyl (C=O) groups is 1. The van der Waals surface area contributed by atoms with E-state index in [1.54, 1.807) is 0 Å². The maximum Gasteiger partial charge on any atom is 0.341 e. The van der Waals surface area contributed by atoms with Crippen LogP contribution in [0.15, 0.2) is 46.1 Å². The molecule has 0 spiro atoms. The second-order valence-corrected chi connectivity index (χ2v) is 13.0. The van der Waals surface area contributed by atoms with Crippen molar-refractivity contribution in [3.8, 4) is 11.3 Å². The van der Waals surface area contributed by atoms with Crippen LogP contribution in [0.5, 0.6) is 0 Å². The average molecular weight is 543 g/mol. The summed E-state index contributed by atoms with van der Waals surface area (Å²) < 4.78 is 1.93. The summed E-state index contributed by atoms with van der Waals surface area (Å²) in [6.07, 6.45) is 13.7. The summed E-state index contributed by atoms with van der Waals surface area (Å²) in [6, 6.07) is 10.7. The zero-order valence-corrected chi connectivity index (χ0v) is 23.1. The predicted molar refractivity (Wildman–Crippen MR) is 154 cm³/mol. The fourth-order valence-corrected chi connectivity index (χ4v) is 9.07. The van der Waals surface area contributed by atoms with Gasteiger partial charge in [-0.25, -0.2) is 9.78 Å². The van der Waals surface area contributed by atoms with Crippen LogP contribution < -0.4 is 11.1 Å². The first kappa shape index (κ1) is 25.7. The van der Waals surface area contributed by atoms with Gasteiger partial charge in [0.05, 0.1) is 11.0 Å². The summed E-state index contributed by atoms with van der Waals surface area (Å²) in [5.41, 5.74) is 0.701. The largest absolute Gasteiger partial charge is 0.477 e. The summed E-state index contributed by atoms with van der Waals surface area (Å²) in [6.45, 7) is 2.43. The van der Waals surface area contributed by atoms with E-state index in [0.29, 0.717) is 29.2 Å². The molecule has 7 atom stereocenters. The number of aromatic nitrogens is 3. The van der Waals surface area contributed by atoms with Crippen molar-refractivity contribution >= 4 is 17.0 Å². The second-order valence-electron chi connectivity index (χ2n) is 13.0. The number of nitrogens with one attached hydrogen (secondary N) is 1. The SMILES string of the molecule is CC1C[C@@H]2CC(N3[C@@H]4CCC[C@H]3CC(n3c(=O)c(-c5c[nH]c(=O)c(C(=O)O)c5)nc5ccccc53)C4)C[C@H](C1)C2. The highest BCUT2D eigenvalue weighted by atomic mass is 16.4. The number of H-pyrrole nitrogens is 1. The Bertz CT molecular complexity index is 1550. The van der Waals surface area contributed by atoms with Crippen LogP contribution >= 0.6 is 0 Å². The van der Waals surface area contributed by atoms with Gasteiger partial charge in [-0.15, -0.1) is 0 Å². The Labute approximate surface area is 233 Å². The number of benzene rings is 1. The van der Waals surface area contributed by atoms with Gasteiger partial charge in [-0.2, -0.15) is 0 Å². The topological polar surface area (TPSA) is 108 Å². The number of pyridine rings is 1. The highest BCUT2D eigenvalue weighted by Crippen LogP contribution is 2.48. The molecule has 4 aliphatic rings. The minimum Gasteiger partial charge on any atom is -0.477 e. The van der Waals surface area contributed by atoms with Crippen LogP contribution in [0, 0.1) is 17.8 Å². The number of aromatic carboxylic acids is 1. The number of carboxylic acids is 1. The fourth-order valence-electron chi connectivity index (χ4n) is 9.07. The second kappa shape index (κ2) is 9.98. The monoisotopic (exact) mass is 542 g/mol. The van der Waals surface area contributed by atoms with Crippen LogP contribution in [-0.2, 0) is 0 Å². The van der Waals surface area contributed by atoms with Crippen molar-refractivity contribution in [2.75, 3.05) is 0 Å². The number of aromatic amines is 1. The van der Waals surface area contributed by atoms with Crippen molar-refractivity contribution in [3.05, 3.63) is 62.8 Å². The average Bonchev–Trinajstić information content (AvgIpc) is 2.91. The molecule has 3 aromatic rings. The van der Waals surface area contributed by atoms with Crippen LogP contribution in [-0.4, -0.2) is 48.6 Å². The molecular formula is C32H38N4O4. The Morgan fingerprint density at radius 3 is 2.33 bits per heavy atom. The molecule has 2 N–H and O–H groups in total. The van der Waals surface area contributed by atoms with E-state index in [1.165, 1.54) is 63.6 Å². The van der Waals surface area contributed by atoms with Crippen LogP contribution in [0.2, 0.25) is 0 Å². The van der Waals surface area contributed by atoms with Gasteiger partial charge in [-0.3, -0.25) is 14.5 Å². The summed E-state index contributed by atoms with van der Waals surface area (Å²) in [7, 11) is 0. The van der Waals surface area contributed by atoms with Gasteiger partial charge in [0.25, 0.3) is 11.1 Å². The molecule has 1 aromatic carbocycles. The van der Waals surface area contributed by atoms with Crippen LogP contribution in [0.4, 0.5) is 0 Å². The van der Waals surface area contributed by atoms with Gasteiger partial charge in [0, 0.05) is 35.9 Å². The molecule has 2 saturated carbocycles. The number of rotatable bonds is 4. The molecule has 2 aromatic heterocycles. The van der Waals surface area contributed by atoms with Crippen molar-refractivity contribution in [2.24, 2.45) is 17.8 Å². The number of piperidine rings is 2. The molecule has 4 fully saturated rings. The quantitative estimate of drug-likeness (QED) is 0.468. The molecule has 3 unspecified atom stereocenters. The van der Waals surface area contributed by atoms with Gasteiger partial charge in [-0.05, 0) is 93.7 Å². The summed E-state index contributed by atoms with van der Waals surface area (Å²) in [5, 5.41) is 9.50. The van der Waals surface area contributed by atoms with Gasteiger partial charge < -0.3 is 14.7 Å². The molecule has 8 heteroatoms. The van der Waals surface area contributed by atoms with E-state index in [9.17, 15) is 19.5 Å². The number of carboxylic acid groups (broad SMARTS) is 1.